The Kier molecular flexibility index (Phi) is 6.83. The number of ether oxygens (including phenoxy) is 2. The summed E-state index contributed by atoms with van der Waals surface area (Å²) in [5, 5.41) is 3.70. The quantitative estimate of drug-likeness (QED) is 0.521. The van der Waals surface area contributed by atoms with Gasteiger partial charge in [0, 0.05) is 31.5 Å². The predicted molar refractivity (Wildman–Crippen MR) is 126 cm³/mol. The van der Waals surface area contributed by atoms with Crippen LogP contribution in [-0.4, -0.2) is 47.1 Å². The molecule has 7 nitrogen and oxygen atoms in total. The van der Waals surface area contributed by atoms with Gasteiger partial charge >= 0.3 is 0 Å². The number of amides is 1. The van der Waals surface area contributed by atoms with E-state index in [0.717, 1.165) is 25.7 Å². The van der Waals surface area contributed by atoms with Gasteiger partial charge in [-0.3, -0.25) is 4.79 Å². The third kappa shape index (κ3) is 4.95. The van der Waals surface area contributed by atoms with Crippen LogP contribution in [0.1, 0.15) is 32.6 Å². The third-order valence-corrected chi connectivity index (χ3v) is 6.40. The zero-order chi connectivity index (χ0) is 23.5. The van der Waals surface area contributed by atoms with Crippen LogP contribution < -0.4 is 14.8 Å². The number of anilines is 2. The Morgan fingerprint density at radius 3 is 2.64 bits per heavy atom. The van der Waals surface area contributed by atoms with Crippen LogP contribution in [0.3, 0.4) is 0 Å². The molecule has 174 valence electrons. The normalized spacial score (nSPS) is 18.1. The maximum atomic E-state index is 14.4. The first-order valence-electron chi connectivity index (χ1n) is 10.8. The number of nitrogens with one attached hydrogen (secondary N) is 1. The van der Waals surface area contributed by atoms with Gasteiger partial charge in [0.15, 0.2) is 17.3 Å². The molecular weight excluding hydrogens is 447 g/mol. The van der Waals surface area contributed by atoms with E-state index in [1.165, 1.54) is 12.4 Å². The van der Waals surface area contributed by atoms with Crippen molar-refractivity contribution in [2.45, 2.75) is 44.8 Å². The van der Waals surface area contributed by atoms with E-state index in [-0.39, 0.29) is 28.8 Å². The van der Waals surface area contributed by atoms with E-state index in [1.807, 2.05) is 13.1 Å². The van der Waals surface area contributed by atoms with Crippen LogP contribution in [0.15, 0.2) is 36.7 Å². The molecule has 1 heterocycles. The van der Waals surface area contributed by atoms with Gasteiger partial charge in [-0.25, -0.2) is 14.4 Å². The molecule has 3 aromatic rings. The van der Waals surface area contributed by atoms with E-state index >= 15 is 0 Å². The minimum absolute atomic E-state index is 0.000581. The lowest BCUT2D eigenvalue weighted by atomic mass is 9.92. The zero-order valence-corrected chi connectivity index (χ0v) is 19.5. The molecule has 0 radical (unpaired) electrons. The first-order valence-corrected chi connectivity index (χ1v) is 11.2. The Labute approximate surface area is 196 Å². The number of nitrogens with zero attached hydrogens (tertiary/aromatic N) is 3. The Morgan fingerprint density at radius 2 is 1.94 bits per heavy atom. The van der Waals surface area contributed by atoms with Crippen molar-refractivity contribution in [1.82, 2.24) is 14.9 Å². The average Bonchev–Trinajstić information content (AvgIpc) is 2.82. The first kappa shape index (κ1) is 23.0. The monoisotopic (exact) mass is 472 g/mol. The summed E-state index contributed by atoms with van der Waals surface area (Å²) < 4.78 is 26.3. The molecule has 1 amide bonds. The van der Waals surface area contributed by atoms with E-state index in [1.54, 1.807) is 37.1 Å². The number of fused-ring (bicyclic) bond motifs is 1. The molecule has 1 aromatic heterocycles. The molecule has 0 spiro atoms. The number of carbonyl (C=O) groups is 1. The Balaban J connectivity index is 1.59. The van der Waals surface area contributed by atoms with Crippen LogP contribution in [-0.2, 0) is 4.79 Å². The summed E-state index contributed by atoms with van der Waals surface area (Å²) in [4.78, 5) is 22.1. The van der Waals surface area contributed by atoms with Gasteiger partial charge in [0.1, 0.15) is 12.1 Å². The number of halogens is 2. The van der Waals surface area contributed by atoms with Gasteiger partial charge in [-0.2, -0.15) is 0 Å². The molecule has 1 fully saturated rings. The molecular formula is C24H26ClFN4O3. The zero-order valence-electron chi connectivity index (χ0n) is 18.8. The second-order valence-electron chi connectivity index (χ2n) is 8.15. The molecule has 33 heavy (non-hydrogen) atoms. The second-order valence-corrected chi connectivity index (χ2v) is 8.55. The van der Waals surface area contributed by atoms with Gasteiger partial charge in [-0.05, 0) is 43.9 Å². The number of aromatic nitrogens is 2. The summed E-state index contributed by atoms with van der Waals surface area (Å²) in [5.41, 5.74) is 0.847. The second kappa shape index (κ2) is 9.79. The van der Waals surface area contributed by atoms with Crippen LogP contribution in [0.5, 0.6) is 11.5 Å². The van der Waals surface area contributed by atoms with E-state index in [0.29, 0.717) is 28.2 Å². The molecule has 1 aliphatic rings. The molecule has 1 N–H and O–H groups in total. The highest BCUT2D eigenvalue weighted by atomic mass is 35.5. The molecule has 1 saturated carbocycles. The highest BCUT2D eigenvalue weighted by Gasteiger charge is 2.27. The van der Waals surface area contributed by atoms with Gasteiger partial charge in [-0.15, -0.1) is 0 Å². The van der Waals surface area contributed by atoms with Gasteiger partial charge < -0.3 is 19.7 Å². The molecule has 0 atom stereocenters. The fourth-order valence-corrected chi connectivity index (χ4v) is 4.30. The number of hydrogen-bond acceptors (Lipinski definition) is 6. The largest absolute Gasteiger partial charge is 0.493 e. The number of rotatable bonds is 6. The van der Waals surface area contributed by atoms with Crippen molar-refractivity contribution in [1.29, 1.82) is 0 Å². The summed E-state index contributed by atoms with van der Waals surface area (Å²) in [6.45, 7) is 1.59. The van der Waals surface area contributed by atoms with Crippen molar-refractivity contribution in [3.63, 3.8) is 0 Å². The molecule has 2 aromatic carbocycles. The molecule has 1 aliphatic carbocycles. The van der Waals surface area contributed by atoms with Crippen LogP contribution in [0.4, 0.5) is 15.9 Å². The van der Waals surface area contributed by atoms with Crippen LogP contribution in [0, 0.1) is 5.82 Å². The van der Waals surface area contributed by atoms with Crippen molar-refractivity contribution in [2.75, 3.05) is 19.5 Å². The summed E-state index contributed by atoms with van der Waals surface area (Å²) in [7, 11) is 3.42. The van der Waals surface area contributed by atoms with E-state index in [4.69, 9.17) is 21.1 Å². The highest BCUT2D eigenvalue weighted by Crippen LogP contribution is 2.37. The van der Waals surface area contributed by atoms with Gasteiger partial charge in [0.05, 0.1) is 29.4 Å². The van der Waals surface area contributed by atoms with Crippen LogP contribution >= 0.6 is 11.6 Å². The lowest BCUT2D eigenvalue weighted by molar-refractivity contribution is -0.130. The molecule has 0 bridgehead atoms. The minimum Gasteiger partial charge on any atom is -0.493 e. The van der Waals surface area contributed by atoms with Crippen molar-refractivity contribution < 1.29 is 18.7 Å². The lowest BCUT2D eigenvalue weighted by Gasteiger charge is -2.34. The van der Waals surface area contributed by atoms with E-state index < -0.39 is 5.82 Å². The SMILES string of the molecule is COc1cc2ncnc(Nc3cccc(Cl)c3F)c2cc1OC1CCC(N(C)C(C)=O)CC1. The standard InChI is InChI=1S/C24H26ClFN4O3/c1-14(31)30(2)15-7-9-16(10-8-15)33-22-11-17-20(12-21(22)32-3)27-13-28-24(17)29-19-6-4-5-18(25)23(19)26/h4-6,11-13,15-16H,7-10H2,1-3H3,(H,27,28,29). The number of hydrogen-bond donors (Lipinski definition) is 1. The topological polar surface area (TPSA) is 76.6 Å². The lowest BCUT2D eigenvalue weighted by Crippen LogP contribution is -2.40. The maximum absolute atomic E-state index is 14.4. The van der Waals surface area contributed by atoms with Crippen molar-refractivity contribution in [3.8, 4) is 11.5 Å². The van der Waals surface area contributed by atoms with Gasteiger partial charge in [0.2, 0.25) is 5.91 Å². The van der Waals surface area contributed by atoms with Crippen molar-refractivity contribution in [2.24, 2.45) is 0 Å². The van der Waals surface area contributed by atoms with Crippen molar-refractivity contribution in [3.05, 3.63) is 47.5 Å². The van der Waals surface area contributed by atoms with Crippen LogP contribution in [0.25, 0.3) is 10.9 Å². The van der Waals surface area contributed by atoms with E-state index in [9.17, 15) is 9.18 Å². The summed E-state index contributed by atoms with van der Waals surface area (Å²) in [6, 6.07) is 8.56. The fourth-order valence-electron chi connectivity index (χ4n) is 4.13. The smallest absolute Gasteiger partial charge is 0.219 e. The Bertz CT molecular complexity index is 1170. The predicted octanol–water partition coefficient (Wildman–Crippen LogP) is 5.34. The first-order chi connectivity index (χ1) is 15.9. The summed E-state index contributed by atoms with van der Waals surface area (Å²) in [6.07, 6.45) is 4.81. The Hall–Kier alpha value is -3.13. The molecule has 0 saturated heterocycles. The van der Waals surface area contributed by atoms with Crippen molar-refractivity contribution >= 4 is 39.9 Å². The van der Waals surface area contributed by atoms with Gasteiger partial charge in [-0.1, -0.05) is 17.7 Å². The number of carbonyl (C=O) groups excluding carboxylic acids is 1. The molecule has 0 unspecified atom stereocenters. The van der Waals surface area contributed by atoms with Gasteiger partial charge in [0.25, 0.3) is 0 Å². The third-order valence-electron chi connectivity index (χ3n) is 6.11. The van der Waals surface area contributed by atoms with E-state index in [2.05, 4.69) is 15.3 Å². The molecule has 9 heteroatoms. The Morgan fingerprint density at radius 1 is 1.18 bits per heavy atom. The maximum Gasteiger partial charge on any atom is 0.219 e. The molecule has 0 aliphatic heterocycles. The summed E-state index contributed by atoms with van der Waals surface area (Å²) in [5.74, 6) is 1.08. The fraction of sp³-hybridized carbons (Fsp3) is 0.375. The number of methoxy groups -OCH3 is 1. The highest BCUT2D eigenvalue weighted by molar-refractivity contribution is 6.31. The summed E-state index contributed by atoms with van der Waals surface area (Å²) >= 11 is 5.91. The van der Waals surface area contributed by atoms with Crippen LogP contribution in [0.2, 0.25) is 5.02 Å². The molecule has 4 rings (SSSR count). The minimum atomic E-state index is -0.553. The number of benzene rings is 2. The average molecular weight is 473 g/mol.